The van der Waals surface area contributed by atoms with E-state index in [0.29, 0.717) is 5.56 Å². The van der Waals surface area contributed by atoms with Crippen molar-refractivity contribution < 1.29 is 18.0 Å². The molecule has 27 heavy (non-hydrogen) atoms. The largest absolute Gasteiger partial charge is 0.353 e. The predicted molar refractivity (Wildman–Crippen MR) is 102 cm³/mol. The first-order valence-electron chi connectivity index (χ1n) is 9.49. The van der Waals surface area contributed by atoms with Gasteiger partial charge < -0.3 is 10.2 Å². The minimum atomic E-state index is -3.69. The Balaban J connectivity index is 1.40. The molecule has 1 heterocycles. The highest BCUT2D eigenvalue weighted by Gasteiger charge is 2.32. The summed E-state index contributed by atoms with van der Waals surface area (Å²) in [4.78, 5) is 25.9. The summed E-state index contributed by atoms with van der Waals surface area (Å²) in [6.45, 7) is 3.52. The number of Topliss-reactive ketones (excluding diaryl/α,β-unsaturated/α-hetero) is 1. The fourth-order valence-electron chi connectivity index (χ4n) is 3.40. The fraction of sp³-hybridized carbons (Fsp3) is 0.579. The van der Waals surface area contributed by atoms with Crippen LogP contribution < -0.4 is 10.0 Å². The Morgan fingerprint density at radius 1 is 1.07 bits per heavy atom. The van der Waals surface area contributed by atoms with E-state index < -0.39 is 10.0 Å². The molecule has 0 aromatic heterocycles. The minimum absolute atomic E-state index is 0.0452. The van der Waals surface area contributed by atoms with E-state index in [1.165, 1.54) is 44.0 Å². The summed E-state index contributed by atoms with van der Waals surface area (Å²) >= 11 is 0. The number of hydrogen-bond donors (Lipinski definition) is 2. The molecule has 7 nitrogen and oxygen atoms in total. The topological polar surface area (TPSA) is 95.6 Å². The van der Waals surface area contributed by atoms with Gasteiger partial charge in [0.05, 0.1) is 4.90 Å². The van der Waals surface area contributed by atoms with Gasteiger partial charge in [-0.05, 0) is 44.7 Å². The van der Waals surface area contributed by atoms with E-state index >= 15 is 0 Å². The quantitative estimate of drug-likeness (QED) is 0.649. The third kappa shape index (κ3) is 5.60. The third-order valence-electron chi connectivity index (χ3n) is 5.17. The number of carbonyl (C=O) groups is 2. The normalized spacial score (nSPS) is 19.0. The Bertz CT molecular complexity index is 780. The molecule has 2 fully saturated rings. The fourth-order valence-corrected chi connectivity index (χ4v) is 4.43. The lowest BCUT2D eigenvalue weighted by Crippen LogP contribution is -2.45. The molecule has 3 rings (SSSR count). The second-order valence-corrected chi connectivity index (χ2v) is 9.10. The summed E-state index contributed by atoms with van der Waals surface area (Å²) in [7, 11) is -3.69. The Morgan fingerprint density at radius 2 is 1.70 bits per heavy atom. The Morgan fingerprint density at radius 3 is 2.26 bits per heavy atom. The van der Waals surface area contributed by atoms with Crippen molar-refractivity contribution in [3.8, 4) is 0 Å². The maximum Gasteiger partial charge on any atom is 0.240 e. The molecule has 1 amide bonds. The standard InChI is InChI=1S/C19H27N3O4S/c1-14(23)15-2-6-18(7-3-15)27(25,26)20-11-8-19(24)21-16-9-12-22(13-10-16)17-4-5-17/h2-3,6-7,16-17,20H,4-5,8-13H2,1H3,(H,21,24). The van der Waals surface area contributed by atoms with Gasteiger partial charge in [0, 0.05) is 43.7 Å². The Labute approximate surface area is 160 Å². The van der Waals surface area contributed by atoms with Gasteiger partial charge in [-0.3, -0.25) is 9.59 Å². The van der Waals surface area contributed by atoms with Crippen LogP contribution in [-0.4, -0.2) is 56.7 Å². The van der Waals surface area contributed by atoms with E-state index in [2.05, 4.69) is 14.9 Å². The molecule has 1 aliphatic carbocycles. The molecular weight excluding hydrogens is 366 g/mol. The molecule has 1 aliphatic heterocycles. The minimum Gasteiger partial charge on any atom is -0.353 e. The van der Waals surface area contributed by atoms with Gasteiger partial charge in [-0.15, -0.1) is 0 Å². The van der Waals surface area contributed by atoms with Crippen molar-refractivity contribution in [3.63, 3.8) is 0 Å². The molecule has 1 aromatic carbocycles. The van der Waals surface area contributed by atoms with E-state index in [1.807, 2.05) is 0 Å². The molecule has 1 saturated heterocycles. The van der Waals surface area contributed by atoms with Crippen LogP contribution in [0.25, 0.3) is 0 Å². The van der Waals surface area contributed by atoms with Crippen LogP contribution in [0.4, 0.5) is 0 Å². The molecule has 2 N–H and O–H groups in total. The van der Waals surface area contributed by atoms with E-state index in [4.69, 9.17) is 0 Å². The number of ketones is 1. The molecule has 0 unspecified atom stereocenters. The Hall–Kier alpha value is -1.77. The number of nitrogens with one attached hydrogen (secondary N) is 2. The molecule has 0 bridgehead atoms. The molecule has 1 saturated carbocycles. The van der Waals surface area contributed by atoms with Crippen LogP contribution >= 0.6 is 0 Å². The van der Waals surface area contributed by atoms with Crippen LogP contribution in [0.3, 0.4) is 0 Å². The average Bonchev–Trinajstić information content (AvgIpc) is 3.47. The number of benzene rings is 1. The zero-order chi connectivity index (χ0) is 19.4. The Kier molecular flexibility index (Phi) is 6.29. The zero-order valence-corrected chi connectivity index (χ0v) is 16.4. The van der Waals surface area contributed by atoms with E-state index in [9.17, 15) is 18.0 Å². The summed E-state index contributed by atoms with van der Waals surface area (Å²) in [6, 6.07) is 6.71. The number of hydrogen-bond acceptors (Lipinski definition) is 5. The number of carbonyl (C=O) groups excluding carboxylic acids is 2. The van der Waals surface area contributed by atoms with Crippen LogP contribution in [0.1, 0.15) is 49.4 Å². The molecule has 148 valence electrons. The lowest BCUT2D eigenvalue weighted by atomic mass is 10.0. The van der Waals surface area contributed by atoms with Gasteiger partial charge in [-0.25, -0.2) is 13.1 Å². The highest BCUT2D eigenvalue weighted by atomic mass is 32.2. The number of likely N-dealkylation sites (tertiary alicyclic amines) is 1. The van der Waals surface area contributed by atoms with Crippen molar-refractivity contribution in [2.45, 2.75) is 56.0 Å². The van der Waals surface area contributed by atoms with Crippen LogP contribution in [0.15, 0.2) is 29.2 Å². The van der Waals surface area contributed by atoms with Gasteiger partial charge in [-0.2, -0.15) is 0 Å². The molecule has 2 aliphatic rings. The second-order valence-electron chi connectivity index (χ2n) is 7.34. The van der Waals surface area contributed by atoms with Gasteiger partial charge in [0.15, 0.2) is 5.78 Å². The number of piperidine rings is 1. The maximum absolute atomic E-state index is 12.3. The first kappa shape index (κ1) is 20.0. The van der Waals surface area contributed by atoms with Crippen molar-refractivity contribution in [1.82, 2.24) is 14.9 Å². The molecule has 0 atom stereocenters. The lowest BCUT2D eigenvalue weighted by molar-refractivity contribution is -0.121. The first-order chi connectivity index (χ1) is 12.8. The van der Waals surface area contributed by atoms with Crippen molar-refractivity contribution in [2.75, 3.05) is 19.6 Å². The summed E-state index contributed by atoms with van der Waals surface area (Å²) in [5.41, 5.74) is 0.459. The van der Waals surface area contributed by atoms with E-state index in [0.717, 1.165) is 32.0 Å². The number of amides is 1. The van der Waals surface area contributed by atoms with Crippen molar-refractivity contribution >= 4 is 21.7 Å². The molecule has 8 heteroatoms. The van der Waals surface area contributed by atoms with Crippen LogP contribution in [0, 0.1) is 0 Å². The molecular formula is C19H27N3O4S. The highest BCUT2D eigenvalue weighted by molar-refractivity contribution is 7.89. The monoisotopic (exact) mass is 393 g/mol. The number of sulfonamides is 1. The number of rotatable bonds is 8. The first-order valence-corrected chi connectivity index (χ1v) is 11.0. The summed E-state index contributed by atoms with van der Waals surface area (Å²) in [6.07, 6.45) is 4.61. The van der Waals surface area contributed by atoms with Crippen molar-refractivity contribution in [2.24, 2.45) is 0 Å². The summed E-state index contributed by atoms with van der Waals surface area (Å²) in [5.74, 6) is -0.249. The highest BCUT2D eigenvalue weighted by Crippen LogP contribution is 2.29. The van der Waals surface area contributed by atoms with Gasteiger partial charge in [0.1, 0.15) is 0 Å². The van der Waals surface area contributed by atoms with Crippen LogP contribution in [-0.2, 0) is 14.8 Å². The zero-order valence-electron chi connectivity index (χ0n) is 15.6. The molecule has 1 aromatic rings. The maximum atomic E-state index is 12.3. The van der Waals surface area contributed by atoms with Gasteiger partial charge in [0.2, 0.25) is 15.9 Å². The SMILES string of the molecule is CC(=O)c1ccc(S(=O)(=O)NCCC(=O)NC2CCN(C3CC3)CC2)cc1. The second kappa shape index (κ2) is 8.50. The van der Waals surface area contributed by atoms with E-state index in [1.54, 1.807) is 0 Å². The number of nitrogens with zero attached hydrogens (tertiary/aromatic N) is 1. The third-order valence-corrected chi connectivity index (χ3v) is 6.65. The summed E-state index contributed by atoms with van der Waals surface area (Å²) in [5, 5.41) is 3.01. The van der Waals surface area contributed by atoms with Gasteiger partial charge >= 0.3 is 0 Å². The smallest absolute Gasteiger partial charge is 0.240 e. The van der Waals surface area contributed by atoms with Crippen LogP contribution in [0.2, 0.25) is 0 Å². The van der Waals surface area contributed by atoms with Gasteiger partial charge in [-0.1, -0.05) is 12.1 Å². The average molecular weight is 394 g/mol. The molecule has 0 radical (unpaired) electrons. The lowest BCUT2D eigenvalue weighted by Gasteiger charge is -2.32. The predicted octanol–water partition coefficient (Wildman–Crippen LogP) is 1.30. The van der Waals surface area contributed by atoms with E-state index in [-0.39, 0.29) is 35.6 Å². The van der Waals surface area contributed by atoms with Crippen molar-refractivity contribution in [1.29, 1.82) is 0 Å². The van der Waals surface area contributed by atoms with Crippen LogP contribution in [0.5, 0.6) is 0 Å². The summed E-state index contributed by atoms with van der Waals surface area (Å²) < 4.78 is 27.0. The molecule has 0 spiro atoms. The van der Waals surface area contributed by atoms with Crippen molar-refractivity contribution in [3.05, 3.63) is 29.8 Å². The van der Waals surface area contributed by atoms with Gasteiger partial charge in [0.25, 0.3) is 0 Å².